The summed E-state index contributed by atoms with van der Waals surface area (Å²) in [7, 11) is 0. The van der Waals surface area contributed by atoms with Gasteiger partial charge in [-0.1, -0.05) is 30.3 Å². The number of hydrogen-bond acceptors (Lipinski definition) is 5. The van der Waals surface area contributed by atoms with Crippen LogP contribution in [0.2, 0.25) is 0 Å². The molecular weight excluding hydrogens is 362 g/mol. The van der Waals surface area contributed by atoms with Crippen LogP contribution in [0.5, 0.6) is 11.5 Å². The molecule has 1 amide bonds. The third-order valence-electron chi connectivity index (χ3n) is 5.12. The number of nitro benzene ring substituents is 1. The highest BCUT2D eigenvalue weighted by Crippen LogP contribution is 2.36. The molecule has 0 aromatic heterocycles. The lowest BCUT2D eigenvalue weighted by atomic mass is 10.1. The molecule has 1 unspecified atom stereocenters. The molecule has 28 heavy (non-hydrogen) atoms. The van der Waals surface area contributed by atoms with E-state index in [1.54, 1.807) is 0 Å². The number of rotatable bonds is 5. The molecule has 2 aromatic rings. The lowest BCUT2D eigenvalue weighted by molar-refractivity contribution is -0.901. The Bertz CT molecular complexity index is 887. The first-order valence-electron chi connectivity index (χ1n) is 9.36. The summed E-state index contributed by atoms with van der Waals surface area (Å²) in [4.78, 5) is 25.0. The number of fused-ring (bicyclic) bond motifs is 1. The van der Waals surface area contributed by atoms with Crippen molar-refractivity contribution in [3.63, 3.8) is 0 Å². The number of nitro groups is 1. The highest BCUT2D eigenvalue weighted by molar-refractivity contribution is 5.99. The lowest BCUT2D eigenvalue weighted by Gasteiger charge is -2.19. The Kier molecular flexibility index (Phi) is 5.12. The number of quaternary nitrogens is 1. The molecule has 0 saturated carbocycles. The van der Waals surface area contributed by atoms with Crippen molar-refractivity contribution in [1.29, 1.82) is 0 Å². The highest BCUT2D eigenvalue weighted by atomic mass is 16.6. The monoisotopic (exact) mass is 384 g/mol. The molecule has 1 fully saturated rings. The Morgan fingerprint density at radius 3 is 2.61 bits per heavy atom. The first-order chi connectivity index (χ1) is 13.6. The van der Waals surface area contributed by atoms with E-state index in [1.165, 1.54) is 22.6 Å². The third kappa shape index (κ3) is 3.91. The van der Waals surface area contributed by atoms with Crippen molar-refractivity contribution in [2.75, 3.05) is 26.3 Å². The number of carbonyl (C=O) groups excluding carboxylic acids is 1. The minimum atomic E-state index is -0.561. The number of nitrogens with zero attached hydrogens (tertiary/aromatic N) is 1. The predicted octanol–water partition coefficient (Wildman–Crippen LogP) is 0.953. The normalized spacial score (nSPS) is 20.6. The van der Waals surface area contributed by atoms with Gasteiger partial charge in [0.15, 0.2) is 11.5 Å². The van der Waals surface area contributed by atoms with Crippen LogP contribution < -0.4 is 19.7 Å². The van der Waals surface area contributed by atoms with Gasteiger partial charge in [0.1, 0.15) is 25.3 Å². The standard InChI is InChI=1S/C20H21N3O5/c24-20(16-10-18-19(28-9-8-27-18)11-17(16)23(25)26)21-15-6-7-22(13-15)12-14-4-2-1-3-5-14/h1-5,10-11,15H,6-9,12-13H2,(H,21,24)/p+1/t15-/m1/s1. The van der Waals surface area contributed by atoms with Gasteiger partial charge < -0.3 is 19.7 Å². The summed E-state index contributed by atoms with van der Waals surface area (Å²) in [5.41, 5.74) is 0.992. The Balaban J connectivity index is 1.44. The Labute approximate surface area is 162 Å². The summed E-state index contributed by atoms with van der Waals surface area (Å²) in [6.45, 7) is 3.32. The second-order valence-corrected chi connectivity index (χ2v) is 7.10. The second kappa shape index (κ2) is 7.85. The average Bonchev–Trinajstić information content (AvgIpc) is 3.14. The zero-order chi connectivity index (χ0) is 19.5. The summed E-state index contributed by atoms with van der Waals surface area (Å²) in [6, 6.07) is 12.9. The Hall–Kier alpha value is -3.13. The number of likely N-dealkylation sites (tertiary alicyclic amines) is 1. The zero-order valence-electron chi connectivity index (χ0n) is 15.3. The summed E-state index contributed by atoms with van der Waals surface area (Å²) in [6.07, 6.45) is 0.840. The van der Waals surface area contributed by atoms with Gasteiger partial charge in [0.05, 0.1) is 30.1 Å². The number of benzene rings is 2. The van der Waals surface area contributed by atoms with Crippen LogP contribution in [0.1, 0.15) is 22.3 Å². The van der Waals surface area contributed by atoms with E-state index in [1.807, 2.05) is 18.2 Å². The van der Waals surface area contributed by atoms with Crippen molar-refractivity contribution in [2.24, 2.45) is 0 Å². The number of carbonyl (C=O) groups is 1. The third-order valence-corrected chi connectivity index (χ3v) is 5.12. The van der Waals surface area contributed by atoms with Crippen LogP contribution in [0.25, 0.3) is 0 Å². The van der Waals surface area contributed by atoms with E-state index in [-0.39, 0.29) is 17.3 Å². The van der Waals surface area contributed by atoms with E-state index in [2.05, 4.69) is 17.4 Å². The molecule has 0 bridgehead atoms. The molecule has 2 atom stereocenters. The Morgan fingerprint density at radius 1 is 1.18 bits per heavy atom. The van der Waals surface area contributed by atoms with Crippen LogP contribution in [-0.4, -0.2) is 43.2 Å². The van der Waals surface area contributed by atoms with Crippen molar-refractivity contribution in [1.82, 2.24) is 5.32 Å². The van der Waals surface area contributed by atoms with Crippen LogP contribution in [0.15, 0.2) is 42.5 Å². The molecule has 2 aromatic carbocycles. The van der Waals surface area contributed by atoms with E-state index < -0.39 is 10.8 Å². The molecule has 2 N–H and O–H groups in total. The molecule has 0 spiro atoms. The highest BCUT2D eigenvalue weighted by Gasteiger charge is 2.31. The van der Waals surface area contributed by atoms with Gasteiger partial charge >= 0.3 is 0 Å². The SMILES string of the molecule is O=C(N[C@@H]1CC[NH+](Cc2ccccc2)C1)c1cc2c(cc1[N+](=O)[O-])OCCO2. The lowest BCUT2D eigenvalue weighted by Crippen LogP contribution is -3.09. The van der Waals surface area contributed by atoms with E-state index in [0.717, 1.165) is 26.1 Å². The maximum Gasteiger partial charge on any atom is 0.286 e. The molecule has 2 heterocycles. The molecule has 8 heteroatoms. The molecular formula is C20H22N3O5+. The van der Waals surface area contributed by atoms with Gasteiger partial charge in [-0.15, -0.1) is 0 Å². The van der Waals surface area contributed by atoms with E-state index >= 15 is 0 Å². The van der Waals surface area contributed by atoms with Crippen LogP contribution in [0, 0.1) is 10.1 Å². The van der Waals surface area contributed by atoms with Crippen molar-refractivity contribution in [3.05, 3.63) is 63.7 Å². The first-order valence-corrected chi connectivity index (χ1v) is 9.36. The largest absolute Gasteiger partial charge is 0.486 e. The minimum absolute atomic E-state index is 0.00533. The quantitative estimate of drug-likeness (QED) is 0.591. The summed E-state index contributed by atoms with van der Waals surface area (Å²) in [5, 5.41) is 14.4. The van der Waals surface area contributed by atoms with E-state index in [9.17, 15) is 14.9 Å². The fourth-order valence-corrected chi connectivity index (χ4v) is 3.77. The molecule has 0 radical (unpaired) electrons. The van der Waals surface area contributed by atoms with Gasteiger partial charge in [-0.25, -0.2) is 0 Å². The number of nitrogens with one attached hydrogen (secondary N) is 2. The molecule has 2 aliphatic rings. The molecule has 146 valence electrons. The van der Waals surface area contributed by atoms with Gasteiger partial charge in [-0.2, -0.15) is 0 Å². The fourth-order valence-electron chi connectivity index (χ4n) is 3.77. The zero-order valence-corrected chi connectivity index (χ0v) is 15.3. The van der Waals surface area contributed by atoms with Gasteiger partial charge in [-0.3, -0.25) is 14.9 Å². The van der Waals surface area contributed by atoms with Gasteiger partial charge in [-0.05, 0) is 0 Å². The smallest absolute Gasteiger partial charge is 0.286 e. The number of hydrogen-bond donors (Lipinski definition) is 2. The maximum atomic E-state index is 12.8. The van der Waals surface area contributed by atoms with Gasteiger partial charge in [0, 0.05) is 18.1 Å². The number of amides is 1. The van der Waals surface area contributed by atoms with Crippen molar-refractivity contribution in [3.8, 4) is 11.5 Å². The second-order valence-electron chi connectivity index (χ2n) is 7.10. The van der Waals surface area contributed by atoms with Crippen molar-refractivity contribution in [2.45, 2.75) is 19.0 Å². The van der Waals surface area contributed by atoms with Crippen LogP contribution >= 0.6 is 0 Å². The topological polar surface area (TPSA) is 95.1 Å². The van der Waals surface area contributed by atoms with E-state index in [4.69, 9.17) is 9.47 Å². The summed E-state index contributed by atoms with van der Waals surface area (Å²) < 4.78 is 10.9. The molecule has 8 nitrogen and oxygen atoms in total. The minimum Gasteiger partial charge on any atom is -0.486 e. The average molecular weight is 384 g/mol. The van der Waals surface area contributed by atoms with Crippen molar-refractivity contribution < 1.29 is 24.1 Å². The molecule has 1 saturated heterocycles. The molecule has 2 aliphatic heterocycles. The molecule has 0 aliphatic carbocycles. The van der Waals surface area contributed by atoms with Crippen LogP contribution in [0.3, 0.4) is 0 Å². The van der Waals surface area contributed by atoms with E-state index in [0.29, 0.717) is 24.7 Å². The number of ether oxygens (including phenoxy) is 2. The fraction of sp³-hybridized carbons (Fsp3) is 0.350. The van der Waals surface area contributed by atoms with Gasteiger partial charge in [0.2, 0.25) is 0 Å². The predicted molar refractivity (Wildman–Crippen MR) is 101 cm³/mol. The summed E-state index contributed by atoms with van der Waals surface area (Å²) >= 11 is 0. The molecule has 4 rings (SSSR count). The van der Waals surface area contributed by atoms with Crippen LogP contribution in [0.4, 0.5) is 5.69 Å². The Morgan fingerprint density at radius 2 is 1.89 bits per heavy atom. The first kappa shape index (κ1) is 18.2. The van der Waals surface area contributed by atoms with Crippen molar-refractivity contribution >= 4 is 11.6 Å². The van der Waals surface area contributed by atoms with Gasteiger partial charge in [0.25, 0.3) is 11.6 Å². The summed E-state index contributed by atoms with van der Waals surface area (Å²) in [5.74, 6) is 0.216. The maximum absolute atomic E-state index is 12.8. The van der Waals surface area contributed by atoms with Crippen LogP contribution in [-0.2, 0) is 6.54 Å².